The highest BCUT2D eigenvalue weighted by molar-refractivity contribution is 6.31. The van der Waals surface area contributed by atoms with Gasteiger partial charge in [-0.25, -0.2) is 0 Å². The van der Waals surface area contributed by atoms with Crippen LogP contribution in [0.5, 0.6) is 0 Å². The summed E-state index contributed by atoms with van der Waals surface area (Å²) in [6.07, 6.45) is 7.23. The highest BCUT2D eigenvalue weighted by Gasteiger charge is 2.13. The molecule has 0 saturated carbocycles. The number of carbonyl (C=O) groups excluding carboxylic acids is 1. The number of anilines is 1. The molecule has 0 atom stereocenters. The van der Waals surface area contributed by atoms with Gasteiger partial charge in [-0.15, -0.1) is 0 Å². The molecule has 1 aliphatic rings. The van der Waals surface area contributed by atoms with Crippen LogP contribution in [-0.2, 0) is 0 Å². The van der Waals surface area contributed by atoms with Gasteiger partial charge >= 0.3 is 0 Å². The standard InChI is InChI=1S/C14H18ClNO/c15-13-7-6-12(11-17)14(10-13)16-8-4-2-1-3-5-9-16/h6-7,10-11H,1-5,8-9H2. The molecular weight excluding hydrogens is 234 g/mol. The van der Waals surface area contributed by atoms with E-state index >= 15 is 0 Å². The second-order valence-electron chi connectivity index (χ2n) is 4.58. The Kier molecular flexibility index (Phi) is 4.43. The van der Waals surface area contributed by atoms with Gasteiger partial charge in [0.05, 0.1) is 0 Å². The van der Waals surface area contributed by atoms with Crippen LogP contribution in [0, 0.1) is 0 Å². The first kappa shape index (κ1) is 12.4. The number of carbonyl (C=O) groups is 1. The van der Waals surface area contributed by atoms with E-state index in [2.05, 4.69) is 4.90 Å². The lowest BCUT2D eigenvalue weighted by atomic mass is 10.1. The van der Waals surface area contributed by atoms with Gasteiger partial charge in [0.15, 0.2) is 6.29 Å². The summed E-state index contributed by atoms with van der Waals surface area (Å²) < 4.78 is 0. The van der Waals surface area contributed by atoms with Gasteiger partial charge in [-0.05, 0) is 31.0 Å². The first-order chi connectivity index (χ1) is 8.31. The van der Waals surface area contributed by atoms with Crippen LogP contribution in [0.4, 0.5) is 5.69 Å². The molecule has 1 aromatic rings. The molecule has 92 valence electrons. The number of hydrogen-bond acceptors (Lipinski definition) is 2. The molecule has 0 N–H and O–H groups in total. The molecular formula is C14H18ClNO. The van der Waals surface area contributed by atoms with Gasteiger partial charge in [-0.2, -0.15) is 0 Å². The molecule has 0 spiro atoms. The molecule has 3 heteroatoms. The van der Waals surface area contributed by atoms with E-state index < -0.39 is 0 Å². The molecule has 0 unspecified atom stereocenters. The second kappa shape index (κ2) is 6.06. The number of halogens is 1. The Hall–Kier alpha value is -1.02. The summed E-state index contributed by atoms with van der Waals surface area (Å²) in [4.78, 5) is 13.4. The van der Waals surface area contributed by atoms with Gasteiger partial charge < -0.3 is 4.90 Å². The Balaban J connectivity index is 2.23. The van der Waals surface area contributed by atoms with Crippen molar-refractivity contribution in [2.45, 2.75) is 32.1 Å². The molecule has 1 aromatic carbocycles. The molecule has 2 nitrogen and oxygen atoms in total. The maximum Gasteiger partial charge on any atom is 0.152 e. The highest BCUT2D eigenvalue weighted by Crippen LogP contribution is 2.26. The van der Waals surface area contributed by atoms with E-state index in [9.17, 15) is 4.79 Å². The van der Waals surface area contributed by atoms with Crippen molar-refractivity contribution in [2.24, 2.45) is 0 Å². The van der Waals surface area contributed by atoms with Gasteiger partial charge in [-0.3, -0.25) is 4.79 Å². The molecule has 0 bridgehead atoms. The third kappa shape index (κ3) is 3.22. The molecule has 0 amide bonds. The molecule has 1 saturated heterocycles. The van der Waals surface area contributed by atoms with E-state index in [1.165, 1.54) is 32.1 Å². The van der Waals surface area contributed by atoms with Crippen molar-refractivity contribution in [3.63, 3.8) is 0 Å². The minimum absolute atomic E-state index is 0.702. The van der Waals surface area contributed by atoms with E-state index in [-0.39, 0.29) is 0 Å². The maximum atomic E-state index is 11.1. The molecule has 1 aliphatic heterocycles. The van der Waals surface area contributed by atoms with Crippen molar-refractivity contribution >= 4 is 23.6 Å². The lowest BCUT2D eigenvalue weighted by Crippen LogP contribution is -2.27. The van der Waals surface area contributed by atoms with Crippen LogP contribution in [0.1, 0.15) is 42.5 Å². The molecule has 0 radical (unpaired) electrons. The van der Waals surface area contributed by atoms with Crippen LogP contribution in [0.3, 0.4) is 0 Å². The summed E-state index contributed by atoms with van der Waals surface area (Å²) in [5, 5.41) is 0.702. The Morgan fingerprint density at radius 2 is 1.71 bits per heavy atom. The van der Waals surface area contributed by atoms with E-state index in [1.807, 2.05) is 12.1 Å². The molecule has 0 aromatic heterocycles. The van der Waals surface area contributed by atoms with Crippen molar-refractivity contribution in [3.05, 3.63) is 28.8 Å². The molecule has 2 rings (SSSR count). The SMILES string of the molecule is O=Cc1ccc(Cl)cc1N1CCCCCCC1. The molecule has 1 heterocycles. The predicted molar refractivity (Wildman–Crippen MR) is 72.1 cm³/mol. The van der Waals surface area contributed by atoms with Crippen molar-refractivity contribution in [2.75, 3.05) is 18.0 Å². The van der Waals surface area contributed by atoms with Crippen molar-refractivity contribution in [1.29, 1.82) is 0 Å². The zero-order valence-electron chi connectivity index (χ0n) is 9.99. The van der Waals surface area contributed by atoms with Gasteiger partial charge in [0.2, 0.25) is 0 Å². The van der Waals surface area contributed by atoms with E-state index in [1.54, 1.807) is 6.07 Å². The average Bonchev–Trinajstić information content (AvgIpc) is 2.28. The van der Waals surface area contributed by atoms with Gasteiger partial charge in [0, 0.05) is 29.4 Å². The third-order valence-corrected chi connectivity index (χ3v) is 3.55. The van der Waals surface area contributed by atoms with Crippen LogP contribution >= 0.6 is 11.6 Å². The van der Waals surface area contributed by atoms with E-state index in [0.717, 1.165) is 30.6 Å². The van der Waals surface area contributed by atoms with E-state index in [4.69, 9.17) is 11.6 Å². The van der Waals surface area contributed by atoms with Gasteiger partial charge in [-0.1, -0.05) is 30.9 Å². The fourth-order valence-corrected chi connectivity index (χ4v) is 2.55. The van der Waals surface area contributed by atoms with Gasteiger partial charge in [0.1, 0.15) is 0 Å². The Morgan fingerprint density at radius 1 is 1.06 bits per heavy atom. The normalized spacial score (nSPS) is 17.4. The topological polar surface area (TPSA) is 20.3 Å². The maximum absolute atomic E-state index is 11.1. The summed E-state index contributed by atoms with van der Waals surface area (Å²) in [6, 6.07) is 5.50. The largest absolute Gasteiger partial charge is 0.371 e. The minimum atomic E-state index is 0.702. The van der Waals surface area contributed by atoms with Crippen LogP contribution < -0.4 is 4.90 Å². The highest BCUT2D eigenvalue weighted by atomic mass is 35.5. The van der Waals surface area contributed by atoms with Crippen LogP contribution in [0.2, 0.25) is 5.02 Å². The van der Waals surface area contributed by atoms with Crippen LogP contribution in [0.15, 0.2) is 18.2 Å². The third-order valence-electron chi connectivity index (χ3n) is 3.32. The van der Waals surface area contributed by atoms with Crippen molar-refractivity contribution in [3.8, 4) is 0 Å². The summed E-state index contributed by atoms with van der Waals surface area (Å²) in [7, 11) is 0. The molecule has 0 aliphatic carbocycles. The zero-order valence-corrected chi connectivity index (χ0v) is 10.7. The number of nitrogens with zero attached hydrogens (tertiary/aromatic N) is 1. The second-order valence-corrected chi connectivity index (χ2v) is 5.01. The van der Waals surface area contributed by atoms with Crippen molar-refractivity contribution in [1.82, 2.24) is 0 Å². The Morgan fingerprint density at radius 3 is 2.35 bits per heavy atom. The lowest BCUT2D eigenvalue weighted by molar-refractivity contribution is 0.112. The Labute approximate surface area is 108 Å². The summed E-state index contributed by atoms with van der Waals surface area (Å²) in [5.74, 6) is 0. The predicted octanol–water partition coefficient (Wildman–Crippen LogP) is 3.92. The molecule has 1 fully saturated rings. The number of rotatable bonds is 2. The summed E-state index contributed by atoms with van der Waals surface area (Å²) in [5.41, 5.74) is 1.74. The zero-order chi connectivity index (χ0) is 12.1. The summed E-state index contributed by atoms with van der Waals surface area (Å²) >= 11 is 6.02. The first-order valence-electron chi connectivity index (χ1n) is 6.31. The lowest BCUT2D eigenvalue weighted by Gasteiger charge is -2.28. The smallest absolute Gasteiger partial charge is 0.152 e. The fourth-order valence-electron chi connectivity index (χ4n) is 2.38. The van der Waals surface area contributed by atoms with E-state index in [0.29, 0.717) is 5.02 Å². The Bertz CT molecular complexity index is 384. The average molecular weight is 252 g/mol. The molecule has 17 heavy (non-hydrogen) atoms. The number of hydrogen-bond donors (Lipinski definition) is 0. The summed E-state index contributed by atoms with van der Waals surface area (Å²) in [6.45, 7) is 2.06. The number of aldehydes is 1. The monoisotopic (exact) mass is 251 g/mol. The van der Waals surface area contributed by atoms with Crippen LogP contribution in [-0.4, -0.2) is 19.4 Å². The minimum Gasteiger partial charge on any atom is -0.371 e. The van der Waals surface area contributed by atoms with Crippen molar-refractivity contribution < 1.29 is 4.79 Å². The van der Waals surface area contributed by atoms with Gasteiger partial charge in [0.25, 0.3) is 0 Å². The number of benzene rings is 1. The fraction of sp³-hybridized carbons (Fsp3) is 0.500. The van der Waals surface area contributed by atoms with Crippen LogP contribution in [0.25, 0.3) is 0 Å². The quantitative estimate of drug-likeness (QED) is 0.743. The first-order valence-corrected chi connectivity index (χ1v) is 6.69.